The zero-order chi connectivity index (χ0) is 20.2. The molecule has 0 saturated heterocycles. The third-order valence-corrected chi connectivity index (χ3v) is 4.22. The molecule has 1 aromatic carbocycles. The largest absolute Gasteiger partial charge is 0.356 e. The molecule has 0 aliphatic heterocycles. The minimum absolute atomic E-state index is 0.0582. The Morgan fingerprint density at radius 1 is 1.19 bits per heavy atom. The molecule has 27 heavy (non-hydrogen) atoms. The molecule has 8 heteroatoms. The van der Waals surface area contributed by atoms with Crippen LogP contribution >= 0.6 is 0 Å². The van der Waals surface area contributed by atoms with Gasteiger partial charge in [-0.05, 0) is 25.8 Å². The van der Waals surface area contributed by atoms with E-state index in [9.17, 15) is 14.9 Å². The summed E-state index contributed by atoms with van der Waals surface area (Å²) in [4.78, 5) is 30.9. The number of nitro groups is 1. The van der Waals surface area contributed by atoms with E-state index in [2.05, 4.69) is 17.2 Å². The number of amides is 1. The lowest BCUT2D eigenvalue weighted by Crippen LogP contribution is -2.46. The number of non-ortho nitro benzene ring substituents is 1. The molecule has 0 heterocycles. The molecule has 1 amide bonds. The number of likely N-dealkylation sites (N-methyl/N-ethyl adjacent to an activating group) is 2. The number of hydrogen-bond acceptors (Lipinski definition) is 4. The van der Waals surface area contributed by atoms with Crippen LogP contribution in [0.15, 0.2) is 29.3 Å². The van der Waals surface area contributed by atoms with Crippen molar-refractivity contribution in [3.8, 4) is 0 Å². The summed E-state index contributed by atoms with van der Waals surface area (Å²) in [6.45, 7) is 8.82. The predicted octanol–water partition coefficient (Wildman–Crippen LogP) is 2.64. The summed E-state index contributed by atoms with van der Waals surface area (Å²) in [6, 6.07) is 6.35. The van der Waals surface area contributed by atoms with Crippen LogP contribution in [-0.4, -0.2) is 59.8 Å². The van der Waals surface area contributed by atoms with E-state index < -0.39 is 4.92 Å². The van der Waals surface area contributed by atoms with E-state index in [4.69, 9.17) is 0 Å². The van der Waals surface area contributed by atoms with Crippen molar-refractivity contribution in [1.82, 2.24) is 15.1 Å². The van der Waals surface area contributed by atoms with Crippen molar-refractivity contribution < 1.29 is 9.72 Å². The fourth-order valence-electron chi connectivity index (χ4n) is 2.53. The van der Waals surface area contributed by atoms with Gasteiger partial charge in [0.2, 0.25) is 5.91 Å². The number of carbonyl (C=O) groups is 1. The van der Waals surface area contributed by atoms with Crippen LogP contribution in [0, 0.1) is 10.1 Å². The van der Waals surface area contributed by atoms with Gasteiger partial charge in [-0.25, -0.2) is 4.99 Å². The quantitative estimate of drug-likeness (QED) is 0.222. The average Bonchev–Trinajstić information content (AvgIpc) is 2.65. The van der Waals surface area contributed by atoms with E-state index in [-0.39, 0.29) is 18.1 Å². The Morgan fingerprint density at radius 2 is 1.81 bits per heavy atom. The highest BCUT2D eigenvalue weighted by atomic mass is 16.6. The second-order valence-electron chi connectivity index (χ2n) is 6.27. The molecule has 150 valence electrons. The van der Waals surface area contributed by atoms with Gasteiger partial charge in [0, 0.05) is 38.8 Å². The number of nitrogens with one attached hydrogen (secondary N) is 1. The minimum Gasteiger partial charge on any atom is -0.356 e. The Labute approximate surface area is 161 Å². The molecule has 0 atom stereocenters. The Kier molecular flexibility index (Phi) is 9.85. The molecule has 1 N–H and O–H groups in total. The first-order valence-electron chi connectivity index (χ1n) is 9.43. The second kappa shape index (κ2) is 11.9. The zero-order valence-electron chi connectivity index (χ0n) is 16.8. The van der Waals surface area contributed by atoms with Gasteiger partial charge in [-0.15, -0.1) is 0 Å². The molecule has 0 aliphatic carbocycles. The van der Waals surface area contributed by atoms with Crippen molar-refractivity contribution in [1.29, 1.82) is 0 Å². The average molecular weight is 377 g/mol. The lowest BCUT2D eigenvalue weighted by atomic mass is 10.2. The summed E-state index contributed by atoms with van der Waals surface area (Å²) in [6.07, 6.45) is 2.07. The van der Waals surface area contributed by atoms with Crippen LogP contribution in [-0.2, 0) is 11.3 Å². The molecular weight excluding hydrogens is 346 g/mol. The van der Waals surface area contributed by atoms with Crippen molar-refractivity contribution in [2.45, 2.75) is 40.2 Å². The summed E-state index contributed by atoms with van der Waals surface area (Å²) in [5.41, 5.74) is 0.935. The van der Waals surface area contributed by atoms with Gasteiger partial charge in [-0.2, -0.15) is 0 Å². The van der Waals surface area contributed by atoms with Crippen molar-refractivity contribution in [3.63, 3.8) is 0 Å². The molecule has 0 aliphatic rings. The number of nitro benzene ring substituents is 1. The van der Waals surface area contributed by atoms with Gasteiger partial charge in [0.1, 0.15) is 0 Å². The molecule has 0 aromatic heterocycles. The van der Waals surface area contributed by atoms with Crippen molar-refractivity contribution in [2.24, 2.45) is 4.99 Å². The number of guanidine groups is 1. The van der Waals surface area contributed by atoms with E-state index in [1.807, 2.05) is 25.8 Å². The molecule has 0 radical (unpaired) electrons. The summed E-state index contributed by atoms with van der Waals surface area (Å²) >= 11 is 0. The summed E-state index contributed by atoms with van der Waals surface area (Å²) in [7, 11) is 1.84. The van der Waals surface area contributed by atoms with Crippen LogP contribution in [0.2, 0.25) is 0 Å². The Balaban J connectivity index is 2.83. The fourth-order valence-corrected chi connectivity index (χ4v) is 2.53. The number of aliphatic imine (C=N–C) groups is 1. The molecule has 0 fully saturated rings. The fraction of sp³-hybridized carbons (Fsp3) is 0.579. The number of benzene rings is 1. The maximum absolute atomic E-state index is 12.4. The third kappa shape index (κ3) is 7.64. The van der Waals surface area contributed by atoms with Gasteiger partial charge >= 0.3 is 0 Å². The van der Waals surface area contributed by atoms with Crippen molar-refractivity contribution >= 4 is 17.6 Å². The van der Waals surface area contributed by atoms with Gasteiger partial charge in [0.05, 0.1) is 18.0 Å². The smallest absolute Gasteiger partial charge is 0.269 e. The molecule has 0 saturated carbocycles. The van der Waals surface area contributed by atoms with Gasteiger partial charge in [0.15, 0.2) is 5.96 Å². The van der Waals surface area contributed by atoms with E-state index in [1.54, 1.807) is 17.0 Å². The number of nitrogens with zero attached hydrogens (tertiary/aromatic N) is 4. The normalized spacial score (nSPS) is 11.2. The Morgan fingerprint density at radius 3 is 2.33 bits per heavy atom. The molecular formula is C19H31N5O3. The van der Waals surface area contributed by atoms with Crippen LogP contribution in [0.5, 0.6) is 0 Å². The van der Waals surface area contributed by atoms with Crippen LogP contribution in [0.3, 0.4) is 0 Å². The van der Waals surface area contributed by atoms with Gasteiger partial charge in [0.25, 0.3) is 5.69 Å². The number of hydrogen-bond donors (Lipinski definition) is 1. The monoisotopic (exact) mass is 377 g/mol. The van der Waals surface area contributed by atoms with E-state index in [1.165, 1.54) is 12.1 Å². The number of unbranched alkanes of at least 4 members (excludes halogenated alkanes) is 1. The Hall–Kier alpha value is -2.64. The third-order valence-electron chi connectivity index (χ3n) is 4.22. The molecule has 1 aromatic rings. The molecule has 8 nitrogen and oxygen atoms in total. The lowest BCUT2D eigenvalue weighted by Gasteiger charge is -2.26. The highest BCUT2D eigenvalue weighted by Gasteiger charge is 2.15. The van der Waals surface area contributed by atoms with E-state index in [0.29, 0.717) is 25.6 Å². The van der Waals surface area contributed by atoms with Crippen LogP contribution in [0.4, 0.5) is 5.69 Å². The van der Waals surface area contributed by atoms with Crippen LogP contribution < -0.4 is 5.32 Å². The molecule has 1 rings (SSSR count). The first-order valence-corrected chi connectivity index (χ1v) is 9.43. The van der Waals surface area contributed by atoms with Crippen LogP contribution in [0.1, 0.15) is 39.2 Å². The number of rotatable bonds is 10. The minimum atomic E-state index is -0.419. The maximum Gasteiger partial charge on any atom is 0.269 e. The van der Waals surface area contributed by atoms with Crippen LogP contribution in [0.25, 0.3) is 0 Å². The van der Waals surface area contributed by atoms with Gasteiger partial charge in [-0.1, -0.05) is 25.5 Å². The Bertz CT molecular complexity index is 627. The lowest BCUT2D eigenvalue weighted by molar-refractivity contribution is -0.384. The van der Waals surface area contributed by atoms with Gasteiger partial charge < -0.3 is 15.1 Å². The first-order chi connectivity index (χ1) is 12.9. The molecule has 0 spiro atoms. The predicted molar refractivity (Wildman–Crippen MR) is 108 cm³/mol. The van der Waals surface area contributed by atoms with E-state index >= 15 is 0 Å². The van der Waals surface area contributed by atoms with Crippen molar-refractivity contribution in [3.05, 3.63) is 39.9 Å². The highest BCUT2D eigenvalue weighted by Crippen LogP contribution is 2.12. The SMILES string of the molecule is CCCCNC(=NCc1ccc([N+](=O)[O-])cc1)N(C)CC(=O)N(CC)CC. The van der Waals surface area contributed by atoms with Crippen molar-refractivity contribution in [2.75, 3.05) is 33.2 Å². The molecule has 0 unspecified atom stereocenters. The summed E-state index contributed by atoms with van der Waals surface area (Å²) < 4.78 is 0. The van der Waals surface area contributed by atoms with E-state index in [0.717, 1.165) is 24.9 Å². The summed E-state index contributed by atoms with van der Waals surface area (Å²) in [5.74, 6) is 0.713. The summed E-state index contributed by atoms with van der Waals surface area (Å²) in [5, 5.41) is 14.0. The second-order valence-corrected chi connectivity index (χ2v) is 6.27. The first kappa shape index (κ1) is 22.4. The van der Waals surface area contributed by atoms with Gasteiger partial charge in [-0.3, -0.25) is 14.9 Å². The maximum atomic E-state index is 12.4. The number of carbonyl (C=O) groups excluding carboxylic acids is 1. The standard InChI is InChI=1S/C19H31N5O3/c1-5-8-13-20-19(22(4)15-18(25)23(6-2)7-3)21-14-16-9-11-17(12-10-16)24(26)27/h9-12H,5-8,13-15H2,1-4H3,(H,20,21). The highest BCUT2D eigenvalue weighted by molar-refractivity contribution is 5.86. The zero-order valence-corrected chi connectivity index (χ0v) is 16.8. The topological polar surface area (TPSA) is 91.1 Å². The molecule has 0 bridgehead atoms.